The summed E-state index contributed by atoms with van der Waals surface area (Å²) in [5, 5.41) is 11.1. The van der Waals surface area contributed by atoms with Gasteiger partial charge in [-0.3, -0.25) is 14.4 Å². The van der Waals surface area contributed by atoms with Crippen LogP contribution in [0.25, 0.3) is 0 Å². The van der Waals surface area contributed by atoms with Gasteiger partial charge in [-0.25, -0.2) is 0 Å². The monoisotopic (exact) mass is 711 g/mol. The number of aryl methyl sites for hydroxylation is 1. The summed E-state index contributed by atoms with van der Waals surface area (Å²) >= 11 is 10.5. The van der Waals surface area contributed by atoms with Gasteiger partial charge in [-0.15, -0.1) is 13.2 Å². The molecule has 0 saturated carbocycles. The number of aliphatic hydroxyl groups is 1. The third-order valence-corrected chi connectivity index (χ3v) is 11.2. The van der Waals surface area contributed by atoms with Crippen molar-refractivity contribution in [2.45, 2.75) is 68.8 Å². The first-order valence-electron chi connectivity index (χ1n) is 15.9. The number of ether oxygens (including phenoxy) is 1. The minimum atomic E-state index is -1.30. The molecule has 2 bridgehead atoms. The van der Waals surface area contributed by atoms with Crippen molar-refractivity contribution in [2.75, 3.05) is 24.6 Å². The van der Waals surface area contributed by atoms with E-state index >= 15 is 4.79 Å². The van der Waals surface area contributed by atoms with Gasteiger partial charge in [-0.2, -0.15) is 0 Å². The number of para-hydroxylation sites is 1. The van der Waals surface area contributed by atoms with Crippen molar-refractivity contribution in [1.29, 1.82) is 0 Å². The Balaban J connectivity index is 1.63. The largest absolute Gasteiger partial charge is 0.394 e. The van der Waals surface area contributed by atoms with E-state index in [2.05, 4.69) is 29.1 Å². The standard InChI is InChI=1S/C36H43BrClN3O5/c1-6-17-39(20-24-14-10-9-11-15-24)33(43)28-29-34(44)41(27(21-42)22(4)8-3)32(36(29)19-25(37)31(28)46-36)35(45)40(18-7-2)30-23(5)13-12-16-26(30)38/h6-7,9-16,22,25,27-29,31-32,42H,1-2,8,17-21H2,3-5H3/t22-,25?,27-,28-,29-,31-,32?,36?/m0/s1. The number of carbonyl (C=O) groups excluding carboxylic acids is 3. The minimum absolute atomic E-state index is 0.129. The molecule has 46 heavy (non-hydrogen) atoms. The van der Waals surface area contributed by atoms with Crippen molar-refractivity contribution < 1.29 is 24.2 Å². The number of amides is 3. The fraction of sp³-hybridized carbons (Fsp3) is 0.472. The SMILES string of the molecule is C=CCN(Cc1ccccc1)C(=O)[C@H]1[C@H]2C(=O)N([C@@H](CO)[C@@H](C)CC)C(C(=O)N(CC=C)c3c(C)cccc3Cl)C23CC(Br)[C@@H]1O3. The number of carbonyl (C=O) groups is 3. The number of fused-ring (bicyclic) bond motifs is 1. The predicted octanol–water partition coefficient (Wildman–Crippen LogP) is 5.54. The van der Waals surface area contributed by atoms with Crippen LogP contribution in [0.15, 0.2) is 73.8 Å². The fourth-order valence-corrected chi connectivity index (χ4v) is 9.00. The van der Waals surface area contributed by atoms with Crippen LogP contribution in [-0.2, 0) is 25.7 Å². The van der Waals surface area contributed by atoms with E-state index in [1.54, 1.807) is 32.9 Å². The number of benzene rings is 2. The Hall–Kier alpha value is -2.98. The summed E-state index contributed by atoms with van der Waals surface area (Å²) in [6.45, 7) is 14.0. The maximum atomic E-state index is 15.1. The third-order valence-electron chi connectivity index (χ3n) is 10.0. The van der Waals surface area contributed by atoms with Crippen LogP contribution in [0, 0.1) is 24.7 Å². The third kappa shape index (κ3) is 5.74. The van der Waals surface area contributed by atoms with Crippen molar-refractivity contribution in [3.8, 4) is 0 Å². The smallest absolute Gasteiger partial charge is 0.253 e. The van der Waals surface area contributed by atoms with Crippen LogP contribution in [0.5, 0.6) is 0 Å². The zero-order valence-electron chi connectivity index (χ0n) is 26.6. The molecule has 3 heterocycles. The van der Waals surface area contributed by atoms with Gasteiger partial charge < -0.3 is 24.5 Å². The number of nitrogens with zero attached hydrogens (tertiary/aromatic N) is 3. The van der Waals surface area contributed by atoms with Gasteiger partial charge in [0.2, 0.25) is 11.8 Å². The number of hydrogen-bond donors (Lipinski definition) is 1. The summed E-state index contributed by atoms with van der Waals surface area (Å²) < 4.78 is 6.80. The molecule has 8 nitrogen and oxygen atoms in total. The van der Waals surface area contributed by atoms with Crippen LogP contribution in [0.3, 0.4) is 0 Å². The van der Waals surface area contributed by atoms with E-state index in [0.717, 1.165) is 11.1 Å². The second kappa shape index (κ2) is 14.0. The lowest BCUT2D eigenvalue weighted by Gasteiger charge is -2.41. The zero-order chi connectivity index (χ0) is 33.3. The number of halogens is 2. The Morgan fingerprint density at radius 3 is 2.46 bits per heavy atom. The van der Waals surface area contributed by atoms with Crippen LogP contribution >= 0.6 is 27.5 Å². The molecule has 0 radical (unpaired) electrons. The number of likely N-dealkylation sites (tertiary alicyclic amines) is 1. The van der Waals surface area contributed by atoms with Crippen molar-refractivity contribution in [1.82, 2.24) is 9.80 Å². The molecule has 2 aromatic carbocycles. The molecule has 246 valence electrons. The summed E-state index contributed by atoms with van der Waals surface area (Å²) in [7, 11) is 0. The summed E-state index contributed by atoms with van der Waals surface area (Å²) in [4.78, 5) is 49.0. The average Bonchev–Trinajstić information content (AvgIpc) is 3.63. The van der Waals surface area contributed by atoms with E-state index in [-0.39, 0.29) is 48.2 Å². The number of alkyl halides is 1. The van der Waals surface area contributed by atoms with Gasteiger partial charge in [0.25, 0.3) is 5.91 Å². The van der Waals surface area contributed by atoms with Crippen molar-refractivity contribution in [3.05, 3.63) is 90.0 Å². The second-order valence-electron chi connectivity index (χ2n) is 12.7. The van der Waals surface area contributed by atoms with E-state index < -0.39 is 35.6 Å². The average molecular weight is 713 g/mol. The Kier molecular flexibility index (Phi) is 10.5. The number of aliphatic hydroxyl groups excluding tert-OH is 1. The zero-order valence-corrected chi connectivity index (χ0v) is 29.0. The summed E-state index contributed by atoms with van der Waals surface area (Å²) in [6, 6.07) is 13.3. The van der Waals surface area contributed by atoms with Gasteiger partial charge in [0.1, 0.15) is 11.6 Å². The van der Waals surface area contributed by atoms with Crippen LogP contribution in [0.1, 0.15) is 37.8 Å². The minimum Gasteiger partial charge on any atom is -0.394 e. The molecule has 3 aliphatic heterocycles. The molecular weight excluding hydrogens is 670 g/mol. The lowest BCUT2D eigenvalue weighted by Crippen LogP contribution is -2.60. The molecule has 3 aliphatic rings. The molecular formula is C36H43BrClN3O5. The fourth-order valence-electron chi connectivity index (χ4n) is 7.74. The molecule has 3 saturated heterocycles. The molecule has 10 heteroatoms. The van der Waals surface area contributed by atoms with E-state index in [9.17, 15) is 14.7 Å². The molecule has 3 unspecified atom stereocenters. The topological polar surface area (TPSA) is 90.4 Å². The van der Waals surface area contributed by atoms with Gasteiger partial charge in [0.05, 0.1) is 41.3 Å². The molecule has 5 rings (SSSR count). The highest BCUT2D eigenvalue weighted by molar-refractivity contribution is 9.09. The Bertz CT molecular complexity index is 1470. The quantitative estimate of drug-likeness (QED) is 0.218. The molecule has 3 amide bonds. The summed E-state index contributed by atoms with van der Waals surface area (Å²) in [5.41, 5.74) is 0.972. The normalized spacial score (nSPS) is 27.7. The van der Waals surface area contributed by atoms with Gasteiger partial charge in [-0.1, -0.05) is 102 Å². The Morgan fingerprint density at radius 2 is 1.85 bits per heavy atom. The highest BCUT2D eigenvalue weighted by Gasteiger charge is 2.77. The Morgan fingerprint density at radius 1 is 1.15 bits per heavy atom. The molecule has 8 atom stereocenters. The number of hydrogen-bond acceptors (Lipinski definition) is 5. The first kappa shape index (κ1) is 34.4. The van der Waals surface area contributed by atoms with E-state index in [0.29, 0.717) is 30.1 Å². The van der Waals surface area contributed by atoms with E-state index in [1.807, 2.05) is 63.2 Å². The van der Waals surface area contributed by atoms with Crippen molar-refractivity contribution in [2.24, 2.45) is 17.8 Å². The van der Waals surface area contributed by atoms with Gasteiger partial charge in [0, 0.05) is 24.5 Å². The second-order valence-corrected chi connectivity index (χ2v) is 14.3. The van der Waals surface area contributed by atoms with Gasteiger partial charge in [-0.05, 0) is 36.5 Å². The van der Waals surface area contributed by atoms with Gasteiger partial charge in [0.15, 0.2) is 0 Å². The maximum Gasteiger partial charge on any atom is 0.253 e. The van der Waals surface area contributed by atoms with Crippen LogP contribution < -0.4 is 4.90 Å². The predicted molar refractivity (Wildman–Crippen MR) is 184 cm³/mol. The molecule has 1 N–H and O–H groups in total. The van der Waals surface area contributed by atoms with Crippen LogP contribution in [0.2, 0.25) is 5.02 Å². The summed E-state index contributed by atoms with van der Waals surface area (Å²) in [5.74, 6) is -2.82. The van der Waals surface area contributed by atoms with Gasteiger partial charge >= 0.3 is 0 Å². The highest BCUT2D eigenvalue weighted by Crippen LogP contribution is 2.61. The first-order chi connectivity index (χ1) is 22.1. The van der Waals surface area contributed by atoms with Crippen molar-refractivity contribution >= 4 is 50.9 Å². The van der Waals surface area contributed by atoms with E-state index in [1.165, 1.54) is 0 Å². The lowest BCUT2D eigenvalue weighted by atomic mass is 9.70. The number of anilines is 1. The molecule has 1 spiro atoms. The first-order valence-corrected chi connectivity index (χ1v) is 17.2. The Labute approximate surface area is 285 Å². The highest BCUT2D eigenvalue weighted by atomic mass is 79.9. The number of rotatable bonds is 13. The summed E-state index contributed by atoms with van der Waals surface area (Å²) in [6.07, 6.45) is 3.71. The van der Waals surface area contributed by atoms with Crippen molar-refractivity contribution in [3.63, 3.8) is 0 Å². The van der Waals surface area contributed by atoms with Crippen LogP contribution in [-0.4, -0.2) is 80.9 Å². The van der Waals surface area contributed by atoms with Crippen LogP contribution in [0.4, 0.5) is 5.69 Å². The maximum absolute atomic E-state index is 15.1. The molecule has 0 aliphatic carbocycles. The van der Waals surface area contributed by atoms with E-state index in [4.69, 9.17) is 16.3 Å². The lowest BCUT2D eigenvalue weighted by molar-refractivity contribution is -0.148. The molecule has 3 fully saturated rings. The molecule has 2 aromatic rings. The molecule has 0 aromatic heterocycles.